The minimum absolute atomic E-state index is 0.0848. The first-order chi connectivity index (χ1) is 24.2. The summed E-state index contributed by atoms with van der Waals surface area (Å²) in [6, 6.07) is 15.3. The van der Waals surface area contributed by atoms with Gasteiger partial charge in [-0.15, -0.1) is 0 Å². The quantitative estimate of drug-likeness (QED) is 0.132. The summed E-state index contributed by atoms with van der Waals surface area (Å²) in [5.74, 6) is 0.206. The average molecular weight is 694 g/mol. The van der Waals surface area contributed by atoms with Crippen LogP contribution in [-0.4, -0.2) is 59.6 Å². The number of halogens is 1. The summed E-state index contributed by atoms with van der Waals surface area (Å²) in [4.78, 5) is 41.2. The number of fused-ring (bicyclic) bond motifs is 2. The standard InChI is InChI=1S/C38H40ClN7O4/c1-22-27(5-3-7-29(22)42-35-34-26(13-15-40-35)17-24(21-47)18-41-34)28-6-4-8-30(33(28)39)44-37(48)36-43-31-20-46(16-14-32(31)45(36)2)19-23-9-11-25(12-10-23)38(49)50/h3-8,13,15,17-18,23,25,47H,9-12,14,16,19-21H2,1-2H3,(H,40,42)(H,44,48)(H,49,50). The number of aliphatic carboxylic acids is 1. The van der Waals surface area contributed by atoms with E-state index in [1.807, 2.05) is 61.0 Å². The molecule has 2 aliphatic rings. The van der Waals surface area contributed by atoms with Crippen LogP contribution in [0.2, 0.25) is 5.02 Å². The van der Waals surface area contributed by atoms with Crippen LogP contribution in [-0.2, 0) is 31.4 Å². The predicted molar refractivity (Wildman–Crippen MR) is 194 cm³/mol. The highest BCUT2D eigenvalue weighted by Gasteiger charge is 2.30. The number of hydrogen-bond donors (Lipinski definition) is 4. The van der Waals surface area contributed by atoms with Crippen LogP contribution < -0.4 is 10.6 Å². The average Bonchev–Trinajstić information content (AvgIpc) is 3.45. The first-order valence-electron chi connectivity index (χ1n) is 17.0. The van der Waals surface area contributed by atoms with Crippen LogP contribution >= 0.6 is 11.6 Å². The maximum Gasteiger partial charge on any atom is 0.306 e. The van der Waals surface area contributed by atoms with Gasteiger partial charge in [0, 0.05) is 67.8 Å². The molecule has 12 heteroatoms. The summed E-state index contributed by atoms with van der Waals surface area (Å²) in [5.41, 5.74) is 7.34. The van der Waals surface area contributed by atoms with E-state index in [1.54, 1.807) is 18.5 Å². The molecule has 0 radical (unpaired) electrons. The number of rotatable bonds is 9. The van der Waals surface area contributed by atoms with Gasteiger partial charge >= 0.3 is 5.97 Å². The highest BCUT2D eigenvalue weighted by atomic mass is 35.5. The van der Waals surface area contributed by atoms with Crippen LogP contribution in [0, 0.1) is 18.8 Å². The highest BCUT2D eigenvalue weighted by molar-refractivity contribution is 6.36. The second-order valence-corrected chi connectivity index (χ2v) is 13.8. The number of amides is 1. The van der Waals surface area contributed by atoms with Gasteiger partial charge in [0.25, 0.3) is 5.91 Å². The summed E-state index contributed by atoms with van der Waals surface area (Å²) in [5, 5.41) is 26.6. The lowest BCUT2D eigenvalue weighted by atomic mass is 9.81. The van der Waals surface area contributed by atoms with Crippen molar-refractivity contribution in [1.29, 1.82) is 0 Å². The van der Waals surface area contributed by atoms with E-state index in [2.05, 4.69) is 25.5 Å². The van der Waals surface area contributed by atoms with E-state index in [4.69, 9.17) is 16.6 Å². The van der Waals surface area contributed by atoms with Crippen molar-refractivity contribution in [3.8, 4) is 11.1 Å². The molecule has 258 valence electrons. The number of carboxylic acids is 1. The largest absolute Gasteiger partial charge is 0.481 e. The molecule has 1 aliphatic heterocycles. The molecule has 0 spiro atoms. The molecule has 4 heterocycles. The molecule has 0 atom stereocenters. The van der Waals surface area contributed by atoms with Gasteiger partial charge in [-0.2, -0.15) is 0 Å². The van der Waals surface area contributed by atoms with E-state index in [-0.39, 0.29) is 18.4 Å². The molecule has 2 aromatic carbocycles. The van der Waals surface area contributed by atoms with Gasteiger partial charge in [-0.05, 0) is 79.5 Å². The Hall–Kier alpha value is -4.84. The SMILES string of the molecule is Cc1c(Nc2nccc3cc(CO)cnc23)cccc1-c1cccc(NC(=O)c2nc3c(n2C)CCN(CC2CCC(C(=O)O)CC2)C3)c1Cl. The number of aliphatic hydroxyl groups excluding tert-OH is 1. The van der Waals surface area contributed by atoms with Crippen LogP contribution in [0.3, 0.4) is 0 Å². The normalized spacial score (nSPS) is 17.8. The zero-order valence-electron chi connectivity index (χ0n) is 28.1. The second-order valence-electron chi connectivity index (χ2n) is 13.4. The first kappa shape index (κ1) is 33.6. The van der Waals surface area contributed by atoms with Crippen molar-refractivity contribution < 1.29 is 19.8 Å². The molecule has 5 aromatic rings. The Morgan fingerprint density at radius 1 is 1.02 bits per heavy atom. The minimum atomic E-state index is -0.678. The van der Waals surface area contributed by atoms with Crippen LogP contribution in [0.25, 0.3) is 22.0 Å². The first-order valence-corrected chi connectivity index (χ1v) is 17.4. The zero-order chi connectivity index (χ0) is 34.9. The molecule has 1 saturated carbocycles. The third-order valence-corrected chi connectivity index (χ3v) is 10.6. The summed E-state index contributed by atoms with van der Waals surface area (Å²) in [7, 11) is 1.88. The zero-order valence-corrected chi connectivity index (χ0v) is 28.9. The number of hydrogen-bond acceptors (Lipinski definition) is 8. The van der Waals surface area contributed by atoms with Gasteiger partial charge in [-0.25, -0.2) is 9.97 Å². The maximum absolute atomic E-state index is 13.7. The van der Waals surface area contributed by atoms with E-state index in [0.29, 0.717) is 40.3 Å². The lowest BCUT2D eigenvalue weighted by Gasteiger charge is -2.33. The molecule has 1 aliphatic carbocycles. The lowest BCUT2D eigenvalue weighted by molar-refractivity contribution is -0.143. The molecule has 7 rings (SSSR count). The Kier molecular flexibility index (Phi) is 9.54. The van der Waals surface area contributed by atoms with Crippen molar-refractivity contribution in [3.63, 3.8) is 0 Å². The number of anilines is 3. The van der Waals surface area contributed by atoms with Gasteiger partial charge in [0.2, 0.25) is 0 Å². The number of carbonyl (C=O) groups excluding carboxylic acids is 1. The Labute approximate surface area is 295 Å². The van der Waals surface area contributed by atoms with E-state index >= 15 is 0 Å². The molecule has 11 nitrogen and oxygen atoms in total. The number of carboxylic acid groups (broad SMARTS) is 1. The van der Waals surface area contributed by atoms with E-state index in [9.17, 15) is 19.8 Å². The summed E-state index contributed by atoms with van der Waals surface area (Å²) >= 11 is 7.00. The van der Waals surface area contributed by atoms with E-state index in [0.717, 1.165) is 89.9 Å². The van der Waals surface area contributed by atoms with Crippen molar-refractivity contribution in [2.75, 3.05) is 23.7 Å². The number of aliphatic hydroxyl groups is 1. The number of nitrogens with zero attached hydrogens (tertiary/aromatic N) is 5. The number of imidazole rings is 1. The Balaban J connectivity index is 1.07. The number of aromatic nitrogens is 4. The van der Waals surface area contributed by atoms with Gasteiger partial charge in [0.1, 0.15) is 5.52 Å². The monoisotopic (exact) mass is 693 g/mol. The van der Waals surface area contributed by atoms with Crippen molar-refractivity contribution in [3.05, 3.63) is 94.3 Å². The molecule has 0 unspecified atom stereocenters. The Morgan fingerprint density at radius 3 is 2.54 bits per heavy atom. The Bertz CT molecular complexity index is 2090. The number of carbonyl (C=O) groups is 2. The third-order valence-electron chi connectivity index (χ3n) is 10.2. The van der Waals surface area contributed by atoms with Crippen molar-refractivity contribution in [1.82, 2.24) is 24.4 Å². The fourth-order valence-corrected chi connectivity index (χ4v) is 7.66. The van der Waals surface area contributed by atoms with E-state index < -0.39 is 5.97 Å². The topological polar surface area (TPSA) is 146 Å². The third kappa shape index (κ3) is 6.68. The van der Waals surface area contributed by atoms with Gasteiger partial charge in [0.05, 0.1) is 28.9 Å². The maximum atomic E-state index is 13.7. The molecule has 0 saturated heterocycles. The van der Waals surface area contributed by atoms with Crippen LogP contribution in [0.4, 0.5) is 17.2 Å². The van der Waals surface area contributed by atoms with Crippen molar-refractivity contribution in [2.45, 2.75) is 52.2 Å². The number of pyridine rings is 2. The van der Waals surface area contributed by atoms with Crippen molar-refractivity contribution >= 4 is 51.6 Å². The van der Waals surface area contributed by atoms with Gasteiger partial charge in [0.15, 0.2) is 11.6 Å². The molecule has 3 aromatic heterocycles. The fourth-order valence-electron chi connectivity index (χ4n) is 7.39. The van der Waals surface area contributed by atoms with Crippen LogP contribution in [0.15, 0.2) is 60.9 Å². The molecule has 4 N–H and O–H groups in total. The van der Waals surface area contributed by atoms with Crippen molar-refractivity contribution in [2.24, 2.45) is 18.9 Å². The summed E-state index contributed by atoms with van der Waals surface area (Å²) < 4.78 is 1.89. The van der Waals surface area contributed by atoms with Gasteiger partial charge in [-0.1, -0.05) is 35.9 Å². The molecular formula is C38H40ClN7O4. The molecule has 0 bridgehead atoms. The molecule has 50 heavy (non-hydrogen) atoms. The van der Waals surface area contributed by atoms with Gasteiger partial charge in [-0.3, -0.25) is 19.5 Å². The molecule has 1 fully saturated rings. The van der Waals surface area contributed by atoms with E-state index in [1.165, 1.54) is 0 Å². The number of nitrogens with one attached hydrogen (secondary N) is 2. The minimum Gasteiger partial charge on any atom is -0.481 e. The van der Waals surface area contributed by atoms with Crippen LogP contribution in [0.5, 0.6) is 0 Å². The number of benzene rings is 2. The predicted octanol–water partition coefficient (Wildman–Crippen LogP) is 6.73. The highest BCUT2D eigenvalue weighted by Crippen LogP contribution is 2.39. The fraction of sp³-hybridized carbons (Fsp3) is 0.342. The molecule has 1 amide bonds. The second kappa shape index (κ2) is 14.2. The smallest absolute Gasteiger partial charge is 0.306 e. The van der Waals surface area contributed by atoms with Gasteiger partial charge < -0.3 is 25.4 Å². The summed E-state index contributed by atoms with van der Waals surface area (Å²) in [6.45, 7) is 4.39. The lowest BCUT2D eigenvalue weighted by Crippen LogP contribution is -2.36. The summed E-state index contributed by atoms with van der Waals surface area (Å²) in [6.07, 6.45) is 7.50. The Morgan fingerprint density at radius 2 is 1.78 bits per heavy atom. The molecular weight excluding hydrogens is 654 g/mol. The van der Waals surface area contributed by atoms with Crippen LogP contribution in [0.1, 0.15) is 58.8 Å².